The Morgan fingerprint density at radius 3 is 2.56 bits per heavy atom. The highest BCUT2D eigenvalue weighted by atomic mass is 35.5. The maximum atomic E-state index is 11.9. The number of benzene rings is 2. The molecule has 0 saturated carbocycles. The second kappa shape index (κ2) is 12.8. The Kier molecular flexibility index (Phi) is 10.7. The van der Waals surface area contributed by atoms with E-state index in [-0.39, 0.29) is 40.7 Å². The van der Waals surface area contributed by atoms with E-state index < -0.39 is 12.0 Å². The van der Waals surface area contributed by atoms with Crippen LogP contribution in [0.15, 0.2) is 48.5 Å². The van der Waals surface area contributed by atoms with Gasteiger partial charge in [-0.05, 0) is 60.5 Å². The molecule has 2 aromatic carbocycles. The molecule has 1 aromatic heterocycles. The van der Waals surface area contributed by atoms with Crippen molar-refractivity contribution in [3.05, 3.63) is 69.7 Å². The number of carboxylic acid groups (broad SMARTS) is 1. The van der Waals surface area contributed by atoms with Gasteiger partial charge in [-0.1, -0.05) is 47.5 Å². The number of hydrogen-bond acceptors (Lipinski definition) is 6. The van der Waals surface area contributed by atoms with Crippen molar-refractivity contribution in [2.24, 2.45) is 5.73 Å². The summed E-state index contributed by atoms with van der Waals surface area (Å²) in [5.41, 5.74) is 9.83. The van der Waals surface area contributed by atoms with Crippen LogP contribution in [-0.4, -0.2) is 53.7 Å². The molecule has 1 unspecified atom stereocenters. The van der Waals surface area contributed by atoms with Gasteiger partial charge in [0.1, 0.15) is 16.8 Å². The van der Waals surface area contributed by atoms with E-state index >= 15 is 0 Å². The molecule has 1 aliphatic heterocycles. The van der Waals surface area contributed by atoms with E-state index in [2.05, 4.69) is 11.1 Å². The number of likely N-dealkylation sites (N-methyl/N-ethyl adjacent to an activating group) is 1. The zero-order chi connectivity index (χ0) is 24.4. The first-order valence-corrected chi connectivity index (χ1v) is 11.6. The van der Waals surface area contributed by atoms with Crippen molar-refractivity contribution in [3.63, 3.8) is 0 Å². The van der Waals surface area contributed by atoms with Crippen LogP contribution in [-0.2, 0) is 11.3 Å². The Labute approximate surface area is 233 Å². The fourth-order valence-electron chi connectivity index (χ4n) is 4.06. The molecule has 3 N–H and O–H groups in total. The molecule has 1 fully saturated rings. The summed E-state index contributed by atoms with van der Waals surface area (Å²) in [6.45, 7) is 3.94. The SMILES string of the molecule is Cc1cc(Oc2nc(N3CCN(C)CC3C(=O)O)c(Cl)cc2Cl)cc(-c2cccc(CN)c2)c1.Cl.Cl. The van der Waals surface area contributed by atoms with Gasteiger partial charge in [0, 0.05) is 26.2 Å². The zero-order valence-corrected chi connectivity index (χ0v) is 22.9. The summed E-state index contributed by atoms with van der Waals surface area (Å²) >= 11 is 12.9. The second-order valence-corrected chi connectivity index (χ2v) is 9.25. The number of pyridine rings is 1. The van der Waals surface area contributed by atoms with Gasteiger partial charge in [0.15, 0.2) is 5.82 Å². The smallest absolute Gasteiger partial charge is 0.327 e. The van der Waals surface area contributed by atoms with Crippen molar-refractivity contribution < 1.29 is 14.6 Å². The third-order valence-corrected chi connectivity index (χ3v) is 6.33. The first kappa shape index (κ1) is 30.0. The Bertz CT molecular complexity index is 1230. The van der Waals surface area contributed by atoms with Crippen molar-refractivity contribution in [2.75, 3.05) is 31.6 Å². The minimum atomic E-state index is -0.940. The van der Waals surface area contributed by atoms with Gasteiger partial charge in [-0.3, -0.25) is 0 Å². The van der Waals surface area contributed by atoms with E-state index in [9.17, 15) is 9.90 Å². The van der Waals surface area contributed by atoms with Crippen LogP contribution < -0.4 is 15.4 Å². The topological polar surface area (TPSA) is 91.9 Å². The third-order valence-electron chi connectivity index (χ3n) is 5.78. The average Bonchev–Trinajstić information content (AvgIpc) is 2.80. The largest absolute Gasteiger partial charge is 0.480 e. The highest BCUT2D eigenvalue weighted by Gasteiger charge is 2.33. The number of anilines is 1. The van der Waals surface area contributed by atoms with Crippen molar-refractivity contribution >= 4 is 59.8 Å². The molecule has 1 saturated heterocycles. The van der Waals surface area contributed by atoms with Gasteiger partial charge < -0.3 is 25.4 Å². The lowest BCUT2D eigenvalue weighted by Gasteiger charge is -2.38. The molecule has 7 nitrogen and oxygen atoms in total. The van der Waals surface area contributed by atoms with Gasteiger partial charge in [-0.25, -0.2) is 4.79 Å². The molecule has 3 aromatic rings. The molecule has 4 rings (SSSR count). The number of carboxylic acids is 1. The molecule has 0 spiro atoms. The summed E-state index contributed by atoms with van der Waals surface area (Å²) in [5, 5.41) is 10.3. The van der Waals surface area contributed by atoms with E-state index in [0.29, 0.717) is 37.7 Å². The van der Waals surface area contributed by atoms with E-state index in [1.807, 2.05) is 55.3 Å². The van der Waals surface area contributed by atoms with Crippen LogP contribution in [0.5, 0.6) is 11.6 Å². The molecule has 0 radical (unpaired) electrons. The van der Waals surface area contributed by atoms with Crippen LogP contribution in [0.3, 0.4) is 0 Å². The third kappa shape index (κ3) is 6.73. The number of carbonyl (C=O) groups is 1. The van der Waals surface area contributed by atoms with E-state index in [0.717, 1.165) is 22.3 Å². The van der Waals surface area contributed by atoms with Gasteiger partial charge in [0.25, 0.3) is 0 Å². The number of nitrogens with zero attached hydrogens (tertiary/aromatic N) is 3. The second-order valence-electron chi connectivity index (χ2n) is 8.43. The van der Waals surface area contributed by atoms with Crippen LogP contribution in [0.1, 0.15) is 11.1 Å². The number of aromatic nitrogens is 1. The maximum Gasteiger partial charge on any atom is 0.327 e. The lowest BCUT2D eigenvalue weighted by molar-refractivity contribution is -0.139. The predicted octanol–water partition coefficient (Wildman–Crippen LogP) is 5.66. The number of aryl methyl sites for hydroxylation is 1. The lowest BCUT2D eigenvalue weighted by atomic mass is 10.0. The summed E-state index contributed by atoms with van der Waals surface area (Å²) in [6.07, 6.45) is 0. The number of nitrogens with two attached hydrogens (primary N) is 1. The average molecular weight is 574 g/mol. The normalized spacial score (nSPS) is 15.6. The number of halogens is 4. The Balaban J connectivity index is 0.00000228. The van der Waals surface area contributed by atoms with Crippen LogP contribution >= 0.6 is 48.0 Å². The summed E-state index contributed by atoms with van der Waals surface area (Å²) in [6, 6.07) is 14.6. The number of piperazine rings is 1. The molecule has 0 amide bonds. The number of ether oxygens (including phenoxy) is 1. The monoisotopic (exact) mass is 572 g/mol. The molecule has 36 heavy (non-hydrogen) atoms. The van der Waals surface area contributed by atoms with Gasteiger partial charge in [-0.15, -0.1) is 24.8 Å². The molecule has 11 heteroatoms. The first-order valence-electron chi connectivity index (χ1n) is 10.9. The van der Waals surface area contributed by atoms with E-state index in [4.69, 9.17) is 33.7 Å². The quantitative estimate of drug-likeness (QED) is 0.393. The fraction of sp³-hybridized carbons (Fsp3) is 0.280. The van der Waals surface area contributed by atoms with Gasteiger partial charge in [-0.2, -0.15) is 4.98 Å². The van der Waals surface area contributed by atoms with Gasteiger partial charge in [0.2, 0.25) is 5.88 Å². The minimum absolute atomic E-state index is 0. The molecule has 194 valence electrons. The van der Waals surface area contributed by atoms with Crippen molar-refractivity contribution in [1.82, 2.24) is 9.88 Å². The van der Waals surface area contributed by atoms with Crippen LogP contribution in [0.2, 0.25) is 10.0 Å². The van der Waals surface area contributed by atoms with Gasteiger partial charge in [0.05, 0.1) is 5.02 Å². The van der Waals surface area contributed by atoms with Crippen molar-refractivity contribution in [2.45, 2.75) is 19.5 Å². The first-order chi connectivity index (χ1) is 16.2. The van der Waals surface area contributed by atoms with E-state index in [1.165, 1.54) is 0 Å². The van der Waals surface area contributed by atoms with Crippen LogP contribution in [0.25, 0.3) is 11.1 Å². The van der Waals surface area contributed by atoms with Crippen molar-refractivity contribution in [1.29, 1.82) is 0 Å². The predicted molar refractivity (Wildman–Crippen MR) is 150 cm³/mol. The Hall–Kier alpha value is -2.26. The van der Waals surface area contributed by atoms with Crippen molar-refractivity contribution in [3.8, 4) is 22.8 Å². The molecule has 1 aliphatic rings. The Morgan fingerprint density at radius 1 is 1.11 bits per heavy atom. The van der Waals surface area contributed by atoms with Gasteiger partial charge >= 0.3 is 5.97 Å². The van der Waals surface area contributed by atoms with Crippen LogP contribution in [0.4, 0.5) is 5.82 Å². The summed E-state index contributed by atoms with van der Waals surface area (Å²) in [5.74, 6) is 0.121. The number of hydrogen-bond donors (Lipinski definition) is 2. The molecular formula is C25H28Cl4N4O3. The highest BCUT2D eigenvalue weighted by molar-refractivity contribution is 6.36. The highest BCUT2D eigenvalue weighted by Crippen LogP contribution is 2.37. The molecule has 0 aliphatic carbocycles. The molecular weight excluding hydrogens is 546 g/mol. The van der Waals surface area contributed by atoms with E-state index in [1.54, 1.807) is 11.0 Å². The number of rotatable bonds is 6. The lowest BCUT2D eigenvalue weighted by Crippen LogP contribution is -2.55. The summed E-state index contributed by atoms with van der Waals surface area (Å²) in [7, 11) is 1.89. The number of aliphatic carboxylic acids is 1. The van der Waals surface area contributed by atoms with Crippen LogP contribution in [0, 0.1) is 6.92 Å². The molecule has 0 bridgehead atoms. The standard InChI is InChI=1S/C25H26Cl2N4O3.2ClH/c1-15-8-18(17-5-3-4-16(10-17)13-28)11-19(9-15)34-24-21(27)12-20(26)23(29-24)31-7-6-30(2)14-22(31)25(32)33;;/h3-5,8-12,22H,6-7,13-14,28H2,1-2H3,(H,32,33);2*1H. The Morgan fingerprint density at radius 2 is 1.86 bits per heavy atom. The maximum absolute atomic E-state index is 11.9. The fourth-order valence-corrected chi connectivity index (χ4v) is 4.57. The zero-order valence-electron chi connectivity index (χ0n) is 19.8. The molecule has 2 heterocycles. The summed E-state index contributed by atoms with van der Waals surface area (Å²) < 4.78 is 6.10. The minimum Gasteiger partial charge on any atom is -0.480 e. The molecule has 1 atom stereocenters. The summed E-state index contributed by atoms with van der Waals surface area (Å²) in [4.78, 5) is 20.1.